The van der Waals surface area contributed by atoms with Crippen molar-refractivity contribution in [3.8, 4) is 5.75 Å². The fourth-order valence-electron chi connectivity index (χ4n) is 1.46. The van der Waals surface area contributed by atoms with Gasteiger partial charge in [-0.25, -0.2) is 0 Å². The molecule has 4 nitrogen and oxygen atoms in total. The van der Waals surface area contributed by atoms with E-state index >= 15 is 0 Å². The third kappa shape index (κ3) is 5.54. The molecular formula is C13H18F2N2O2. The summed E-state index contributed by atoms with van der Waals surface area (Å²) in [6, 6.07) is 5.65. The fraction of sp³-hybridized carbons (Fsp3) is 0.462. The van der Waals surface area contributed by atoms with Crippen LogP contribution in [0.25, 0.3) is 0 Å². The van der Waals surface area contributed by atoms with E-state index in [1.165, 1.54) is 12.1 Å². The molecule has 1 aromatic rings. The molecular weight excluding hydrogens is 254 g/mol. The Labute approximate surface area is 111 Å². The molecule has 19 heavy (non-hydrogen) atoms. The summed E-state index contributed by atoms with van der Waals surface area (Å²) in [6.07, 6.45) is 0. The summed E-state index contributed by atoms with van der Waals surface area (Å²) in [6.45, 7) is 2.64. The third-order valence-electron chi connectivity index (χ3n) is 2.29. The van der Waals surface area contributed by atoms with Gasteiger partial charge in [0.25, 0.3) is 0 Å². The molecule has 2 N–H and O–H groups in total. The summed E-state index contributed by atoms with van der Waals surface area (Å²) in [5.74, 6) is -0.0391. The zero-order valence-corrected chi connectivity index (χ0v) is 11.1. The molecule has 1 rings (SSSR count). The number of anilines is 1. The molecule has 1 atom stereocenters. The van der Waals surface area contributed by atoms with Gasteiger partial charge in [0.15, 0.2) is 0 Å². The van der Waals surface area contributed by atoms with Gasteiger partial charge in [0.1, 0.15) is 11.8 Å². The van der Waals surface area contributed by atoms with E-state index in [1.54, 1.807) is 19.1 Å². The Balaban J connectivity index is 2.55. The Hall–Kier alpha value is -1.85. The lowest BCUT2D eigenvalue weighted by molar-refractivity contribution is -0.122. The molecule has 1 aromatic carbocycles. The Morgan fingerprint density at radius 1 is 1.16 bits per heavy atom. The van der Waals surface area contributed by atoms with Crippen molar-refractivity contribution in [2.75, 3.05) is 5.32 Å². The molecule has 0 fully saturated rings. The van der Waals surface area contributed by atoms with Crippen LogP contribution in [0.5, 0.6) is 5.75 Å². The SMILES string of the molecule is CC(C)NC(=O)C(C)Nc1ccc(OC(F)F)cc1. The van der Waals surface area contributed by atoms with Crippen molar-refractivity contribution >= 4 is 11.6 Å². The van der Waals surface area contributed by atoms with Crippen LogP contribution in [0.1, 0.15) is 20.8 Å². The molecule has 1 amide bonds. The van der Waals surface area contributed by atoms with Gasteiger partial charge in [-0.2, -0.15) is 8.78 Å². The monoisotopic (exact) mass is 272 g/mol. The predicted molar refractivity (Wildman–Crippen MR) is 69.4 cm³/mol. The second-order valence-corrected chi connectivity index (χ2v) is 4.43. The summed E-state index contributed by atoms with van der Waals surface area (Å²) >= 11 is 0. The van der Waals surface area contributed by atoms with Crippen LogP contribution in [0.3, 0.4) is 0 Å². The molecule has 0 aliphatic carbocycles. The van der Waals surface area contributed by atoms with Crippen molar-refractivity contribution in [2.24, 2.45) is 0 Å². The first-order valence-electron chi connectivity index (χ1n) is 6.00. The first kappa shape index (κ1) is 15.2. The number of nitrogens with one attached hydrogen (secondary N) is 2. The van der Waals surface area contributed by atoms with Crippen LogP contribution in [0.15, 0.2) is 24.3 Å². The van der Waals surface area contributed by atoms with Crippen LogP contribution in [0.4, 0.5) is 14.5 Å². The molecule has 0 saturated heterocycles. The van der Waals surface area contributed by atoms with E-state index in [2.05, 4.69) is 15.4 Å². The highest BCUT2D eigenvalue weighted by molar-refractivity contribution is 5.84. The molecule has 0 aromatic heterocycles. The van der Waals surface area contributed by atoms with Crippen LogP contribution in [-0.4, -0.2) is 24.6 Å². The van der Waals surface area contributed by atoms with Crippen molar-refractivity contribution in [1.29, 1.82) is 0 Å². The highest BCUT2D eigenvalue weighted by atomic mass is 19.3. The quantitative estimate of drug-likeness (QED) is 0.837. The van der Waals surface area contributed by atoms with Gasteiger partial charge in [-0.15, -0.1) is 0 Å². The number of carbonyl (C=O) groups is 1. The summed E-state index contributed by atoms with van der Waals surface area (Å²) in [5.41, 5.74) is 0.660. The Morgan fingerprint density at radius 3 is 2.21 bits per heavy atom. The van der Waals surface area contributed by atoms with Crippen molar-refractivity contribution in [3.63, 3.8) is 0 Å². The van der Waals surface area contributed by atoms with E-state index in [0.29, 0.717) is 5.69 Å². The van der Waals surface area contributed by atoms with Crippen LogP contribution in [0.2, 0.25) is 0 Å². The predicted octanol–water partition coefficient (Wildman–Crippen LogP) is 2.61. The topological polar surface area (TPSA) is 50.4 Å². The van der Waals surface area contributed by atoms with Gasteiger partial charge in [-0.05, 0) is 45.0 Å². The molecule has 1 unspecified atom stereocenters. The number of carbonyl (C=O) groups excluding carboxylic acids is 1. The summed E-state index contributed by atoms with van der Waals surface area (Å²) in [7, 11) is 0. The van der Waals surface area contributed by atoms with Gasteiger partial charge in [-0.3, -0.25) is 4.79 Å². The molecule has 0 aliphatic heterocycles. The van der Waals surface area contributed by atoms with Gasteiger partial charge in [0, 0.05) is 11.7 Å². The van der Waals surface area contributed by atoms with Crippen molar-refractivity contribution in [1.82, 2.24) is 5.32 Å². The number of halogens is 2. The summed E-state index contributed by atoms with van der Waals surface area (Å²) < 4.78 is 28.2. The largest absolute Gasteiger partial charge is 0.435 e. The molecule has 0 radical (unpaired) electrons. The van der Waals surface area contributed by atoms with Crippen molar-refractivity contribution in [3.05, 3.63) is 24.3 Å². The first-order chi connectivity index (χ1) is 8.88. The number of amides is 1. The van der Waals surface area contributed by atoms with Gasteiger partial charge in [0.05, 0.1) is 0 Å². The van der Waals surface area contributed by atoms with E-state index < -0.39 is 12.7 Å². The Morgan fingerprint density at radius 2 is 1.74 bits per heavy atom. The molecule has 0 heterocycles. The van der Waals surface area contributed by atoms with Crippen LogP contribution < -0.4 is 15.4 Å². The number of alkyl halides is 2. The molecule has 6 heteroatoms. The van der Waals surface area contributed by atoms with Gasteiger partial charge >= 0.3 is 6.61 Å². The highest BCUT2D eigenvalue weighted by Gasteiger charge is 2.13. The van der Waals surface area contributed by atoms with E-state index in [-0.39, 0.29) is 17.7 Å². The van der Waals surface area contributed by atoms with Gasteiger partial charge < -0.3 is 15.4 Å². The normalized spacial score (nSPS) is 12.4. The van der Waals surface area contributed by atoms with Crippen molar-refractivity contribution in [2.45, 2.75) is 39.5 Å². The third-order valence-corrected chi connectivity index (χ3v) is 2.29. The van der Waals surface area contributed by atoms with Crippen LogP contribution in [0, 0.1) is 0 Å². The average molecular weight is 272 g/mol. The first-order valence-corrected chi connectivity index (χ1v) is 6.00. The average Bonchev–Trinajstić information content (AvgIpc) is 2.30. The van der Waals surface area contributed by atoms with Gasteiger partial charge in [0.2, 0.25) is 5.91 Å². The second kappa shape index (κ2) is 6.92. The standard InChI is InChI=1S/C13H18F2N2O2/c1-8(2)16-12(18)9(3)17-10-4-6-11(7-5-10)19-13(14)15/h4-9,13,17H,1-3H3,(H,16,18). The maximum Gasteiger partial charge on any atom is 0.387 e. The van der Waals surface area contributed by atoms with E-state index in [0.717, 1.165) is 0 Å². The molecule has 0 saturated carbocycles. The lowest BCUT2D eigenvalue weighted by Gasteiger charge is -2.17. The Bertz CT molecular complexity index is 408. The minimum absolute atomic E-state index is 0.0681. The smallest absolute Gasteiger partial charge is 0.387 e. The summed E-state index contributed by atoms with van der Waals surface area (Å²) in [5, 5.41) is 5.75. The van der Waals surface area contributed by atoms with Crippen molar-refractivity contribution < 1.29 is 18.3 Å². The molecule has 106 valence electrons. The number of rotatable bonds is 6. The Kier molecular flexibility index (Phi) is 5.54. The van der Waals surface area contributed by atoms with Gasteiger partial charge in [-0.1, -0.05) is 0 Å². The highest BCUT2D eigenvalue weighted by Crippen LogP contribution is 2.18. The minimum atomic E-state index is -2.84. The number of hydrogen-bond donors (Lipinski definition) is 2. The zero-order valence-electron chi connectivity index (χ0n) is 11.1. The molecule has 0 bridgehead atoms. The zero-order chi connectivity index (χ0) is 14.4. The summed E-state index contributed by atoms with van der Waals surface area (Å²) in [4.78, 5) is 11.7. The second-order valence-electron chi connectivity index (χ2n) is 4.43. The maximum absolute atomic E-state index is 12.0. The van der Waals surface area contributed by atoms with E-state index in [9.17, 15) is 13.6 Å². The fourth-order valence-corrected chi connectivity index (χ4v) is 1.46. The molecule has 0 spiro atoms. The van der Waals surface area contributed by atoms with Crippen LogP contribution in [-0.2, 0) is 4.79 Å². The van der Waals surface area contributed by atoms with E-state index in [1.807, 2.05) is 13.8 Å². The van der Waals surface area contributed by atoms with E-state index in [4.69, 9.17) is 0 Å². The number of benzene rings is 1. The lowest BCUT2D eigenvalue weighted by Crippen LogP contribution is -2.40. The molecule has 0 aliphatic rings. The van der Waals surface area contributed by atoms with Crippen LogP contribution >= 0.6 is 0 Å². The lowest BCUT2D eigenvalue weighted by atomic mass is 10.2. The number of ether oxygens (including phenoxy) is 1. The minimum Gasteiger partial charge on any atom is -0.435 e. The number of hydrogen-bond acceptors (Lipinski definition) is 3. The maximum atomic E-state index is 12.0.